The Bertz CT molecular complexity index is 1120. The zero-order valence-electron chi connectivity index (χ0n) is 19.5. The molecule has 0 aliphatic carbocycles. The van der Waals surface area contributed by atoms with Crippen molar-refractivity contribution >= 4 is 23.4 Å². The number of piperazine rings is 1. The summed E-state index contributed by atoms with van der Waals surface area (Å²) in [4.78, 5) is 42.3. The molecule has 0 spiro atoms. The summed E-state index contributed by atoms with van der Waals surface area (Å²) >= 11 is 0. The van der Waals surface area contributed by atoms with Gasteiger partial charge in [-0.15, -0.1) is 0 Å². The Hall–Kier alpha value is -3.30. The molecule has 2 aromatic carbocycles. The number of piperidine rings is 1. The lowest BCUT2D eigenvalue weighted by atomic mass is 10.0. The van der Waals surface area contributed by atoms with E-state index in [2.05, 4.69) is 10.2 Å². The number of carbonyl (C=O) groups excluding carboxylic acids is 3. The SMILES string of the molecule is O=C1CCC(N2Cc3cc(N4CCN(CCOCc5ccccc5)CC4)c(F)cc3C2=O)C(=O)N1. The van der Waals surface area contributed by atoms with Gasteiger partial charge < -0.3 is 14.5 Å². The third-order valence-electron chi connectivity index (χ3n) is 6.97. The predicted molar refractivity (Wildman–Crippen MR) is 127 cm³/mol. The lowest BCUT2D eigenvalue weighted by molar-refractivity contribution is -0.136. The maximum Gasteiger partial charge on any atom is 0.255 e. The van der Waals surface area contributed by atoms with E-state index in [1.54, 1.807) is 6.07 Å². The highest BCUT2D eigenvalue weighted by Gasteiger charge is 2.39. The quantitative estimate of drug-likeness (QED) is 0.482. The second-order valence-corrected chi connectivity index (χ2v) is 9.23. The van der Waals surface area contributed by atoms with E-state index in [0.29, 0.717) is 43.1 Å². The number of rotatable bonds is 7. The Morgan fingerprint density at radius 1 is 1.03 bits per heavy atom. The number of halogens is 1. The molecule has 1 unspecified atom stereocenters. The lowest BCUT2D eigenvalue weighted by Crippen LogP contribution is -2.52. The van der Waals surface area contributed by atoms with Gasteiger partial charge in [0.1, 0.15) is 11.9 Å². The van der Waals surface area contributed by atoms with Gasteiger partial charge in [0.05, 0.1) is 18.9 Å². The smallest absolute Gasteiger partial charge is 0.255 e. The van der Waals surface area contributed by atoms with Crippen LogP contribution in [0.3, 0.4) is 0 Å². The first-order valence-corrected chi connectivity index (χ1v) is 12.1. The molecule has 9 heteroatoms. The molecule has 1 atom stereocenters. The van der Waals surface area contributed by atoms with Crippen LogP contribution in [0.25, 0.3) is 0 Å². The molecule has 1 N–H and O–H groups in total. The van der Waals surface area contributed by atoms with Crippen LogP contribution in [0.15, 0.2) is 42.5 Å². The Balaban J connectivity index is 1.15. The molecule has 5 rings (SSSR count). The van der Waals surface area contributed by atoms with Gasteiger partial charge in [-0.05, 0) is 29.7 Å². The number of nitrogens with zero attached hydrogens (tertiary/aromatic N) is 3. The van der Waals surface area contributed by atoms with Crippen LogP contribution in [-0.4, -0.2) is 72.9 Å². The molecule has 0 saturated carbocycles. The number of carbonyl (C=O) groups is 3. The fourth-order valence-electron chi connectivity index (χ4n) is 4.99. The average molecular weight is 481 g/mol. The lowest BCUT2D eigenvalue weighted by Gasteiger charge is -2.36. The molecule has 3 aliphatic heterocycles. The van der Waals surface area contributed by atoms with Gasteiger partial charge in [0.25, 0.3) is 5.91 Å². The predicted octanol–water partition coefficient (Wildman–Crippen LogP) is 1.93. The summed E-state index contributed by atoms with van der Waals surface area (Å²) in [5.41, 5.74) is 2.65. The Labute approximate surface area is 203 Å². The number of imide groups is 1. The fraction of sp³-hybridized carbons (Fsp3) is 0.423. The minimum Gasteiger partial charge on any atom is -0.375 e. The van der Waals surface area contributed by atoms with Gasteiger partial charge in [0.15, 0.2) is 0 Å². The number of ether oxygens (including phenoxy) is 1. The first kappa shape index (κ1) is 23.4. The van der Waals surface area contributed by atoms with Crippen molar-refractivity contribution in [3.63, 3.8) is 0 Å². The highest BCUT2D eigenvalue weighted by atomic mass is 19.1. The Kier molecular flexibility index (Phi) is 6.79. The van der Waals surface area contributed by atoms with Gasteiger partial charge in [0, 0.05) is 51.3 Å². The number of hydrogen-bond donors (Lipinski definition) is 1. The first-order valence-electron chi connectivity index (χ1n) is 12.1. The minimum absolute atomic E-state index is 0.192. The molecular weight excluding hydrogens is 451 g/mol. The molecule has 0 aromatic heterocycles. The third-order valence-corrected chi connectivity index (χ3v) is 6.97. The molecular formula is C26H29FN4O4. The topological polar surface area (TPSA) is 82.2 Å². The van der Waals surface area contributed by atoms with Crippen molar-refractivity contribution in [3.05, 3.63) is 65.0 Å². The van der Waals surface area contributed by atoms with Gasteiger partial charge >= 0.3 is 0 Å². The zero-order valence-corrected chi connectivity index (χ0v) is 19.5. The highest BCUT2D eigenvalue weighted by molar-refractivity contribution is 6.05. The van der Waals surface area contributed by atoms with Crippen LogP contribution in [0, 0.1) is 5.82 Å². The largest absolute Gasteiger partial charge is 0.375 e. The fourth-order valence-corrected chi connectivity index (χ4v) is 4.99. The van der Waals surface area contributed by atoms with Gasteiger partial charge in [-0.25, -0.2) is 4.39 Å². The van der Waals surface area contributed by atoms with Crippen molar-refractivity contribution in [1.82, 2.24) is 15.1 Å². The van der Waals surface area contributed by atoms with E-state index in [9.17, 15) is 14.4 Å². The van der Waals surface area contributed by atoms with Gasteiger partial charge in [-0.2, -0.15) is 0 Å². The summed E-state index contributed by atoms with van der Waals surface area (Å²) in [5.74, 6) is -1.58. The van der Waals surface area contributed by atoms with E-state index in [4.69, 9.17) is 4.74 Å². The number of nitrogens with one attached hydrogen (secondary N) is 1. The van der Waals surface area contributed by atoms with Gasteiger partial charge in [0.2, 0.25) is 11.8 Å². The number of amides is 3. The second kappa shape index (κ2) is 10.1. The number of anilines is 1. The van der Waals surface area contributed by atoms with E-state index in [-0.39, 0.29) is 31.2 Å². The summed E-state index contributed by atoms with van der Waals surface area (Å²) in [6, 6.07) is 12.4. The number of benzene rings is 2. The van der Waals surface area contributed by atoms with Crippen LogP contribution in [0.5, 0.6) is 0 Å². The standard InChI is InChI=1S/C26H29FN4O4/c27-21-15-20-19(16-31(26(20)34)22-6-7-24(32)28-25(22)33)14-23(21)30-10-8-29(9-11-30)12-13-35-17-18-4-2-1-3-5-18/h1-5,14-15,22H,6-13,16-17H2,(H,28,32,33). The summed E-state index contributed by atoms with van der Waals surface area (Å²) in [6.07, 6.45) is 0.481. The average Bonchev–Trinajstić information content (AvgIpc) is 3.17. The molecule has 35 heavy (non-hydrogen) atoms. The minimum atomic E-state index is -0.702. The molecule has 3 amide bonds. The molecule has 2 saturated heterocycles. The van der Waals surface area contributed by atoms with E-state index < -0.39 is 17.8 Å². The molecule has 2 aromatic rings. The molecule has 0 radical (unpaired) electrons. The van der Waals surface area contributed by atoms with Crippen LogP contribution in [0.1, 0.15) is 34.3 Å². The Morgan fingerprint density at radius 2 is 1.80 bits per heavy atom. The summed E-state index contributed by atoms with van der Waals surface area (Å²) in [5, 5.41) is 2.29. The van der Waals surface area contributed by atoms with Gasteiger partial charge in [-0.1, -0.05) is 30.3 Å². The molecule has 184 valence electrons. The Morgan fingerprint density at radius 3 is 2.54 bits per heavy atom. The highest BCUT2D eigenvalue weighted by Crippen LogP contribution is 2.33. The second-order valence-electron chi connectivity index (χ2n) is 9.23. The van der Waals surface area contributed by atoms with Gasteiger partial charge in [-0.3, -0.25) is 24.6 Å². The van der Waals surface area contributed by atoms with Crippen LogP contribution < -0.4 is 10.2 Å². The van der Waals surface area contributed by atoms with E-state index in [0.717, 1.165) is 25.2 Å². The maximum atomic E-state index is 15.0. The molecule has 3 aliphatic rings. The normalized spacial score (nSPS) is 20.8. The molecule has 0 bridgehead atoms. The van der Waals surface area contributed by atoms with Crippen LogP contribution in [-0.2, 0) is 27.5 Å². The monoisotopic (exact) mass is 480 g/mol. The van der Waals surface area contributed by atoms with Crippen LogP contribution in [0.4, 0.5) is 10.1 Å². The van der Waals surface area contributed by atoms with Crippen molar-refractivity contribution in [2.75, 3.05) is 44.2 Å². The number of fused-ring (bicyclic) bond motifs is 1. The van der Waals surface area contributed by atoms with Crippen molar-refractivity contribution in [3.8, 4) is 0 Å². The van der Waals surface area contributed by atoms with E-state index >= 15 is 4.39 Å². The summed E-state index contributed by atoms with van der Waals surface area (Å²) < 4.78 is 20.8. The summed E-state index contributed by atoms with van der Waals surface area (Å²) in [7, 11) is 0. The van der Waals surface area contributed by atoms with Crippen LogP contribution >= 0.6 is 0 Å². The zero-order chi connectivity index (χ0) is 24.4. The van der Waals surface area contributed by atoms with Crippen molar-refractivity contribution in [2.24, 2.45) is 0 Å². The van der Waals surface area contributed by atoms with E-state index in [1.165, 1.54) is 11.0 Å². The summed E-state index contributed by atoms with van der Waals surface area (Å²) in [6.45, 7) is 5.25. The van der Waals surface area contributed by atoms with Crippen LogP contribution in [0.2, 0.25) is 0 Å². The maximum absolute atomic E-state index is 15.0. The number of hydrogen-bond acceptors (Lipinski definition) is 6. The molecule has 2 fully saturated rings. The third kappa shape index (κ3) is 5.06. The van der Waals surface area contributed by atoms with E-state index in [1.807, 2.05) is 35.2 Å². The van der Waals surface area contributed by atoms with Crippen molar-refractivity contribution in [2.45, 2.75) is 32.0 Å². The first-order chi connectivity index (χ1) is 17.0. The van der Waals surface area contributed by atoms with Crippen molar-refractivity contribution < 1.29 is 23.5 Å². The van der Waals surface area contributed by atoms with Crippen molar-refractivity contribution in [1.29, 1.82) is 0 Å². The molecule has 3 heterocycles. The molecule has 8 nitrogen and oxygen atoms in total.